The molecular weight excluding hydrogens is 234 g/mol. The molecule has 19 heavy (non-hydrogen) atoms. The summed E-state index contributed by atoms with van der Waals surface area (Å²) in [6, 6.07) is 10.8. The number of fused-ring (bicyclic) bond motifs is 1. The lowest BCUT2D eigenvalue weighted by Gasteiger charge is -2.23. The zero-order valence-corrected chi connectivity index (χ0v) is 12.0. The van der Waals surface area contributed by atoms with Crippen LogP contribution in [0.4, 0.5) is 0 Å². The molecule has 3 heteroatoms. The zero-order chi connectivity index (χ0) is 13.8. The number of nitrogens with two attached hydrogens (primary N) is 1. The molecule has 3 N–H and O–H groups in total. The van der Waals surface area contributed by atoms with Gasteiger partial charge in [0.1, 0.15) is 0 Å². The Morgan fingerprint density at radius 2 is 2.05 bits per heavy atom. The van der Waals surface area contributed by atoms with Crippen molar-refractivity contribution in [3.63, 3.8) is 0 Å². The third-order valence-electron chi connectivity index (χ3n) is 3.70. The predicted octanol–water partition coefficient (Wildman–Crippen LogP) is 3.48. The largest absolute Gasteiger partial charge is 0.271 e. The molecule has 2 atom stereocenters. The van der Waals surface area contributed by atoms with Gasteiger partial charge in [-0.1, -0.05) is 32.4 Å². The average Bonchev–Trinajstić information content (AvgIpc) is 2.40. The first kappa shape index (κ1) is 14.0. The molecule has 3 nitrogen and oxygen atoms in total. The number of benzene rings is 1. The van der Waals surface area contributed by atoms with Crippen molar-refractivity contribution < 1.29 is 0 Å². The summed E-state index contributed by atoms with van der Waals surface area (Å²) in [6.07, 6.45) is 2.34. The van der Waals surface area contributed by atoms with Gasteiger partial charge in [0.05, 0.1) is 5.52 Å². The van der Waals surface area contributed by atoms with Crippen LogP contribution >= 0.6 is 0 Å². The number of nitrogens with zero attached hydrogens (tertiary/aromatic N) is 1. The van der Waals surface area contributed by atoms with Crippen LogP contribution in [0, 0.1) is 12.8 Å². The van der Waals surface area contributed by atoms with E-state index >= 15 is 0 Å². The fourth-order valence-electron chi connectivity index (χ4n) is 2.65. The molecule has 0 aliphatic heterocycles. The Labute approximate surface area is 115 Å². The summed E-state index contributed by atoms with van der Waals surface area (Å²) in [5.74, 6) is 6.26. The van der Waals surface area contributed by atoms with Crippen LogP contribution in [0.25, 0.3) is 10.9 Å². The first-order valence-corrected chi connectivity index (χ1v) is 6.99. The predicted molar refractivity (Wildman–Crippen MR) is 80.6 cm³/mol. The summed E-state index contributed by atoms with van der Waals surface area (Å²) in [5.41, 5.74) is 6.29. The third-order valence-corrected chi connectivity index (χ3v) is 3.70. The zero-order valence-electron chi connectivity index (χ0n) is 12.0. The van der Waals surface area contributed by atoms with Crippen molar-refractivity contribution in [1.82, 2.24) is 10.4 Å². The molecule has 2 aromatic rings. The molecular formula is C16H23N3. The van der Waals surface area contributed by atoms with E-state index in [2.05, 4.69) is 48.5 Å². The molecule has 0 amide bonds. The van der Waals surface area contributed by atoms with E-state index in [0.717, 1.165) is 11.2 Å². The molecule has 0 saturated carbocycles. The smallest absolute Gasteiger partial charge is 0.0705 e. The molecule has 102 valence electrons. The second-order valence-corrected chi connectivity index (χ2v) is 5.32. The SMILES string of the molecule is CCCC(C)C(NN)c1ccc2nc(C)ccc2c1. The number of pyridine rings is 1. The number of rotatable bonds is 5. The van der Waals surface area contributed by atoms with Crippen LogP contribution in [-0.4, -0.2) is 4.98 Å². The Kier molecular flexibility index (Phi) is 4.51. The minimum Gasteiger partial charge on any atom is -0.271 e. The van der Waals surface area contributed by atoms with Gasteiger partial charge in [0.25, 0.3) is 0 Å². The second kappa shape index (κ2) is 6.13. The standard InChI is InChI=1S/C16H23N3/c1-4-5-11(2)16(19-17)14-8-9-15-13(10-14)7-6-12(3)18-15/h6-11,16,19H,4-5,17H2,1-3H3. The topological polar surface area (TPSA) is 50.9 Å². The monoisotopic (exact) mass is 257 g/mol. The Morgan fingerprint density at radius 3 is 2.74 bits per heavy atom. The van der Waals surface area contributed by atoms with E-state index in [-0.39, 0.29) is 6.04 Å². The van der Waals surface area contributed by atoms with Crippen LogP contribution < -0.4 is 11.3 Å². The third kappa shape index (κ3) is 3.11. The Balaban J connectivity index is 2.35. The van der Waals surface area contributed by atoms with Crippen molar-refractivity contribution in [2.24, 2.45) is 11.8 Å². The van der Waals surface area contributed by atoms with E-state index in [4.69, 9.17) is 5.84 Å². The maximum atomic E-state index is 5.74. The first-order chi connectivity index (χ1) is 9.15. The van der Waals surface area contributed by atoms with Crippen LogP contribution in [0.3, 0.4) is 0 Å². The maximum Gasteiger partial charge on any atom is 0.0705 e. The van der Waals surface area contributed by atoms with E-state index in [0.29, 0.717) is 5.92 Å². The first-order valence-electron chi connectivity index (χ1n) is 6.99. The Hall–Kier alpha value is -1.45. The number of nitrogens with one attached hydrogen (secondary N) is 1. The minimum absolute atomic E-state index is 0.200. The van der Waals surface area contributed by atoms with E-state index in [9.17, 15) is 0 Å². The Morgan fingerprint density at radius 1 is 1.26 bits per heavy atom. The van der Waals surface area contributed by atoms with Crippen LogP contribution in [-0.2, 0) is 0 Å². The van der Waals surface area contributed by atoms with Gasteiger partial charge >= 0.3 is 0 Å². The van der Waals surface area contributed by atoms with Gasteiger partial charge in [-0.3, -0.25) is 16.3 Å². The summed E-state index contributed by atoms with van der Waals surface area (Å²) >= 11 is 0. The molecule has 0 aliphatic rings. The van der Waals surface area contributed by atoms with Crippen molar-refractivity contribution in [1.29, 1.82) is 0 Å². The molecule has 2 rings (SSSR count). The van der Waals surface area contributed by atoms with Crippen LogP contribution in [0.15, 0.2) is 30.3 Å². The highest BCUT2D eigenvalue weighted by Gasteiger charge is 2.17. The summed E-state index contributed by atoms with van der Waals surface area (Å²) in [4.78, 5) is 4.53. The van der Waals surface area contributed by atoms with Crippen LogP contribution in [0.5, 0.6) is 0 Å². The lowest BCUT2D eigenvalue weighted by molar-refractivity contribution is 0.368. The van der Waals surface area contributed by atoms with Crippen LogP contribution in [0.1, 0.15) is 44.0 Å². The van der Waals surface area contributed by atoms with Gasteiger partial charge in [-0.05, 0) is 43.0 Å². The van der Waals surface area contributed by atoms with E-state index < -0.39 is 0 Å². The summed E-state index contributed by atoms with van der Waals surface area (Å²) in [5, 5.41) is 1.17. The normalized spacial score (nSPS) is 14.5. The number of hydrazine groups is 1. The van der Waals surface area contributed by atoms with Gasteiger partial charge in [-0.25, -0.2) is 0 Å². The molecule has 0 spiro atoms. The lowest BCUT2D eigenvalue weighted by Crippen LogP contribution is -2.32. The van der Waals surface area contributed by atoms with Gasteiger partial charge in [0.2, 0.25) is 0 Å². The molecule has 0 radical (unpaired) electrons. The summed E-state index contributed by atoms with van der Waals surface area (Å²) < 4.78 is 0. The van der Waals surface area contributed by atoms with E-state index in [1.807, 2.05) is 13.0 Å². The lowest BCUT2D eigenvalue weighted by atomic mass is 9.91. The molecule has 1 aromatic heterocycles. The van der Waals surface area contributed by atoms with Crippen LogP contribution in [0.2, 0.25) is 0 Å². The average molecular weight is 257 g/mol. The maximum absolute atomic E-state index is 5.74. The summed E-state index contributed by atoms with van der Waals surface area (Å²) in [7, 11) is 0. The highest BCUT2D eigenvalue weighted by Crippen LogP contribution is 2.27. The fourth-order valence-corrected chi connectivity index (χ4v) is 2.65. The summed E-state index contributed by atoms with van der Waals surface area (Å²) in [6.45, 7) is 6.46. The van der Waals surface area contributed by atoms with Crippen molar-refractivity contribution in [3.05, 3.63) is 41.6 Å². The molecule has 0 fully saturated rings. The van der Waals surface area contributed by atoms with Crippen molar-refractivity contribution in [2.75, 3.05) is 0 Å². The van der Waals surface area contributed by atoms with Crippen molar-refractivity contribution in [2.45, 2.75) is 39.7 Å². The van der Waals surface area contributed by atoms with Crippen molar-refractivity contribution >= 4 is 10.9 Å². The Bertz CT molecular complexity index is 551. The van der Waals surface area contributed by atoms with Gasteiger partial charge in [0.15, 0.2) is 0 Å². The van der Waals surface area contributed by atoms with Gasteiger partial charge < -0.3 is 0 Å². The fraction of sp³-hybridized carbons (Fsp3) is 0.438. The molecule has 0 saturated heterocycles. The highest BCUT2D eigenvalue weighted by atomic mass is 15.2. The van der Waals surface area contributed by atoms with E-state index in [1.165, 1.54) is 23.8 Å². The van der Waals surface area contributed by atoms with E-state index in [1.54, 1.807) is 0 Å². The molecule has 1 aromatic carbocycles. The minimum atomic E-state index is 0.200. The van der Waals surface area contributed by atoms with Gasteiger partial charge in [-0.2, -0.15) is 0 Å². The quantitative estimate of drug-likeness (QED) is 0.637. The molecule has 0 bridgehead atoms. The number of aromatic nitrogens is 1. The molecule has 1 heterocycles. The van der Waals surface area contributed by atoms with Gasteiger partial charge in [-0.15, -0.1) is 0 Å². The second-order valence-electron chi connectivity index (χ2n) is 5.32. The molecule has 0 aliphatic carbocycles. The number of hydrogen-bond donors (Lipinski definition) is 2. The molecule has 2 unspecified atom stereocenters. The number of aryl methyl sites for hydroxylation is 1. The number of hydrogen-bond acceptors (Lipinski definition) is 3. The van der Waals surface area contributed by atoms with Crippen molar-refractivity contribution in [3.8, 4) is 0 Å². The highest BCUT2D eigenvalue weighted by molar-refractivity contribution is 5.79. The van der Waals surface area contributed by atoms with Gasteiger partial charge in [0, 0.05) is 17.1 Å².